The Hall–Kier alpha value is -1.46. The zero-order chi connectivity index (χ0) is 15.4. The van der Waals surface area contributed by atoms with Crippen molar-refractivity contribution in [3.05, 3.63) is 63.6 Å². The van der Waals surface area contributed by atoms with Crippen LogP contribution in [0.3, 0.4) is 0 Å². The van der Waals surface area contributed by atoms with Crippen LogP contribution >= 0.6 is 15.9 Å². The van der Waals surface area contributed by atoms with Crippen LogP contribution in [-0.4, -0.2) is 14.2 Å². The molecule has 0 fully saturated rings. The first-order chi connectivity index (χ1) is 10.1. The summed E-state index contributed by atoms with van der Waals surface area (Å²) >= 11 is 3.41. The summed E-state index contributed by atoms with van der Waals surface area (Å²) in [7, 11) is 3.33. The van der Waals surface area contributed by atoms with E-state index in [0.717, 1.165) is 10.0 Å². The number of nitrogens with one attached hydrogen (secondary N) is 1. The molecule has 2 nitrogen and oxygen atoms in total. The summed E-state index contributed by atoms with van der Waals surface area (Å²) in [5.41, 5.74) is 0.913. The lowest BCUT2D eigenvalue weighted by molar-refractivity contribution is 0.399. The Kier molecular flexibility index (Phi) is 5.31. The van der Waals surface area contributed by atoms with Gasteiger partial charge in [-0.15, -0.1) is 0 Å². The first-order valence-corrected chi connectivity index (χ1v) is 7.29. The van der Waals surface area contributed by atoms with Gasteiger partial charge in [-0.1, -0.05) is 22.0 Å². The molecule has 0 aliphatic rings. The monoisotopic (exact) mass is 355 g/mol. The van der Waals surface area contributed by atoms with Gasteiger partial charge in [-0.05, 0) is 43.8 Å². The topological polar surface area (TPSA) is 21.3 Å². The Morgan fingerprint density at radius 3 is 2.43 bits per heavy atom. The number of hydrogen-bond acceptors (Lipinski definition) is 2. The van der Waals surface area contributed by atoms with Crippen LogP contribution in [0, 0.1) is 11.6 Å². The average Bonchev–Trinajstić information content (AvgIpc) is 2.47. The highest BCUT2D eigenvalue weighted by atomic mass is 79.9. The van der Waals surface area contributed by atoms with Gasteiger partial charge in [0.2, 0.25) is 0 Å². The van der Waals surface area contributed by atoms with Gasteiger partial charge in [0.15, 0.2) is 0 Å². The van der Waals surface area contributed by atoms with Gasteiger partial charge in [-0.2, -0.15) is 0 Å². The minimum absolute atomic E-state index is 0.0684. The summed E-state index contributed by atoms with van der Waals surface area (Å²) < 4.78 is 33.8. The third-order valence-electron chi connectivity index (χ3n) is 3.39. The Labute approximate surface area is 131 Å². The summed E-state index contributed by atoms with van der Waals surface area (Å²) in [6.45, 7) is 0. The minimum Gasteiger partial charge on any atom is -0.496 e. The van der Waals surface area contributed by atoms with E-state index in [1.165, 1.54) is 18.2 Å². The Morgan fingerprint density at radius 2 is 1.86 bits per heavy atom. The minimum atomic E-state index is -0.538. The second-order valence-corrected chi connectivity index (χ2v) is 5.55. The lowest BCUT2D eigenvalue weighted by Gasteiger charge is -2.20. The van der Waals surface area contributed by atoms with E-state index in [2.05, 4.69) is 21.2 Å². The fourth-order valence-electron chi connectivity index (χ4n) is 2.28. The van der Waals surface area contributed by atoms with Gasteiger partial charge in [0.1, 0.15) is 17.4 Å². The average molecular weight is 356 g/mol. The predicted octanol–water partition coefficient (Wildman–Crippen LogP) is 4.24. The molecule has 0 aliphatic carbocycles. The molecule has 112 valence electrons. The molecular formula is C16H16BrF2NO. The Bertz CT molecular complexity index is 613. The van der Waals surface area contributed by atoms with Crippen molar-refractivity contribution in [1.29, 1.82) is 0 Å². The number of benzene rings is 2. The lowest BCUT2D eigenvalue weighted by Crippen LogP contribution is -2.20. The summed E-state index contributed by atoms with van der Waals surface area (Å²) in [5.74, 6) is -0.400. The van der Waals surface area contributed by atoms with E-state index in [1.54, 1.807) is 14.2 Å². The number of likely N-dealkylation sites (N-methyl/N-ethyl adjacent to an activating group) is 1. The van der Waals surface area contributed by atoms with E-state index in [9.17, 15) is 8.78 Å². The highest BCUT2D eigenvalue weighted by molar-refractivity contribution is 9.10. The third kappa shape index (κ3) is 3.60. The van der Waals surface area contributed by atoms with E-state index < -0.39 is 11.6 Å². The quantitative estimate of drug-likeness (QED) is 0.865. The number of methoxy groups -OCH3 is 1. The molecule has 1 N–H and O–H groups in total. The molecule has 2 rings (SSSR count). The van der Waals surface area contributed by atoms with Crippen LogP contribution in [0.1, 0.15) is 17.2 Å². The molecule has 0 amide bonds. The summed E-state index contributed by atoms with van der Waals surface area (Å²) in [4.78, 5) is 0. The zero-order valence-corrected chi connectivity index (χ0v) is 13.4. The van der Waals surface area contributed by atoms with E-state index in [-0.39, 0.29) is 18.0 Å². The maximum atomic E-state index is 13.8. The molecule has 0 heterocycles. The van der Waals surface area contributed by atoms with Gasteiger partial charge in [0.05, 0.1) is 7.11 Å². The van der Waals surface area contributed by atoms with Crippen LogP contribution in [0.5, 0.6) is 5.75 Å². The highest BCUT2D eigenvalue weighted by Crippen LogP contribution is 2.31. The number of ether oxygens (including phenoxy) is 1. The molecule has 21 heavy (non-hydrogen) atoms. The van der Waals surface area contributed by atoms with Crippen LogP contribution < -0.4 is 10.1 Å². The molecule has 5 heteroatoms. The molecule has 1 unspecified atom stereocenters. The van der Waals surface area contributed by atoms with Gasteiger partial charge < -0.3 is 10.1 Å². The molecule has 0 aromatic heterocycles. The summed E-state index contributed by atoms with van der Waals surface area (Å²) in [6.07, 6.45) is 0.196. The zero-order valence-electron chi connectivity index (χ0n) is 11.8. The van der Waals surface area contributed by atoms with Crippen molar-refractivity contribution < 1.29 is 13.5 Å². The maximum absolute atomic E-state index is 13.8. The van der Waals surface area contributed by atoms with Crippen molar-refractivity contribution >= 4 is 15.9 Å². The van der Waals surface area contributed by atoms with E-state index in [1.807, 2.05) is 18.2 Å². The molecule has 0 aliphatic heterocycles. The van der Waals surface area contributed by atoms with Crippen LogP contribution in [0.25, 0.3) is 0 Å². The van der Waals surface area contributed by atoms with Crippen molar-refractivity contribution in [2.24, 2.45) is 0 Å². The van der Waals surface area contributed by atoms with Crippen LogP contribution in [-0.2, 0) is 6.42 Å². The second kappa shape index (κ2) is 7.00. The molecule has 0 saturated heterocycles. The van der Waals surface area contributed by atoms with Crippen LogP contribution in [0.4, 0.5) is 8.78 Å². The normalized spacial score (nSPS) is 12.2. The maximum Gasteiger partial charge on any atom is 0.129 e. The molecule has 1 atom stereocenters. The molecule has 0 radical (unpaired) electrons. The van der Waals surface area contributed by atoms with Crippen LogP contribution in [0.2, 0.25) is 0 Å². The number of rotatable bonds is 5. The summed E-state index contributed by atoms with van der Waals surface area (Å²) in [5, 5.41) is 3.09. The highest BCUT2D eigenvalue weighted by Gasteiger charge is 2.19. The molecule has 0 spiro atoms. The molecule has 0 saturated carbocycles. The molecular weight excluding hydrogens is 340 g/mol. The van der Waals surface area contributed by atoms with Crippen LogP contribution in [0.15, 0.2) is 40.9 Å². The third-order valence-corrected chi connectivity index (χ3v) is 3.88. The van der Waals surface area contributed by atoms with E-state index in [4.69, 9.17) is 4.74 Å². The van der Waals surface area contributed by atoms with E-state index in [0.29, 0.717) is 5.75 Å². The van der Waals surface area contributed by atoms with Crippen molar-refractivity contribution in [3.63, 3.8) is 0 Å². The molecule has 0 bridgehead atoms. The SMILES string of the molecule is CNC(Cc1c(F)cccc1F)c1cc(Br)ccc1OC. The molecule has 2 aromatic carbocycles. The Morgan fingerprint density at radius 1 is 1.19 bits per heavy atom. The van der Waals surface area contributed by atoms with Gasteiger partial charge in [-0.25, -0.2) is 8.78 Å². The summed E-state index contributed by atoms with van der Waals surface area (Å²) in [6, 6.07) is 9.21. The predicted molar refractivity (Wildman–Crippen MR) is 82.6 cm³/mol. The number of halogens is 3. The fourth-order valence-corrected chi connectivity index (χ4v) is 2.66. The first-order valence-electron chi connectivity index (χ1n) is 6.50. The second-order valence-electron chi connectivity index (χ2n) is 4.63. The van der Waals surface area contributed by atoms with Crippen molar-refractivity contribution in [1.82, 2.24) is 5.32 Å². The van der Waals surface area contributed by atoms with Gasteiger partial charge in [-0.3, -0.25) is 0 Å². The van der Waals surface area contributed by atoms with Crippen molar-refractivity contribution in [2.75, 3.05) is 14.2 Å². The number of hydrogen-bond donors (Lipinski definition) is 1. The largest absolute Gasteiger partial charge is 0.496 e. The van der Waals surface area contributed by atoms with E-state index >= 15 is 0 Å². The Balaban J connectivity index is 2.39. The van der Waals surface area contributed by atoms with Gasteiger partial charge >= 0.3 is 0 Å². The lowest BCUT2D eigenvalue weighted by atomic mass is 9.97. The van der Waals surface area contributed by atoms with Crippen molar-refractivity contribution in [3.8, 4) is 5.75 Å². The smallest absolute Gasteiger partial charge is 0.129 e. The van der Waals surface area contributed by atoms with Crippen molar-refractivity contribution in [2.45, 2.75) is 12.5 Å². The van der Waals surface area contributed by atoms with Gasteiger partial charge in [0, 0.05) is 21.6 Å². The standard InChI is InChI=1S/C16H16BrF2NO/c1-20-15(9-11-13(18)4-3-5-14(11)19)12-8-10(17)6-7-16(12)21-2/h3-8,15,20H,9H2,1-2H3. The molecule has 2 aromatic rings. The fraction of sp³-hybridized carbons (Fsp3) is 0.250. The van der Waals surface area contributed by atoms with Gasteiger partial charge in [0.25, 0.3) is 0 Å². The first kappa shape index (κ1) is 15.9.